The highest BCUT2D eigenvalue weighted by molar-refractivity contribution is 6.04. The van der Waals surface area contributed by atoms with Gasteiger partial charge in [-0.2, -0.15) is 0 Å². The molecule has 0 fully saturated rings. The zero-order chi connectivity index (χ0) is 24.9. The Morgan fingerprint density at radius 1 is 0.914 bits per heavy atom. The Kier molecular flexibility index (Phi) is 11.0. The molecule has 0 radical (unpaired) electrons. The van der Waals surface area contributed by atoms with Crippen LogP contribution in [0, 0.1) is 0 Å². The Morgan fingerprint density at radius 3 is 2.51 bits per heavy atom. The molecule has 1 atom stereocenters. The molecule has 0 spiro atoms. The molecule has 3 rings (SSSR count). The molecule has 2 aromatic carbocycles. The number of carbonyl (C=O) groups excluding carboxylic acids is 2. The van der Waals surface area contributed by atoms with Crippen molar-refractivity contribution in [3.63, 3.8) is 0 Å². The summed E-state index contributed by atoms with van der Waals surface area (Å²) in [4.78, 5) is 38.1. The van der Waals surface area contributed by atoms with Gasteiger partial charge in [0.05, 0.1) is 23.7 Å². The van der Waals surface area contributed by atoms with Crippen LogP contribution in [0.2, 0.25) is 0 Å². The Bertz CT molecular complexity index is 1080. The van der Waals surface area contributed by atoms with Crippen LogP contribution in [0.15, 0.2) is 36.4 Å². The average molecular weight is 481 g/mol. The number of hydrogen-bond donors (Lipinski definition) is 3. The number of hydrogen-bond acceptors (Lipinski definition) is 4. The minimum Gasteiger partial charge on any atom is -0.346 e. The molecule has 1 heterocycles. The molecule has 0 saturated heterocycles. The Labute approximate surface area is 208 Å². The summed E-state index contributed by atoms with van der Waals surface area (Å²) in [5, 5.41) is 5.46. The lowest BCUT2D eigenvalue weighted by Gasteiger charge is -2.17. The third-order valence-electron chi connectivity index (χ3n) is 6.25. The summed E-state index contributed by atoms with van der Waals surface area (Å²) in [6.45, 7) is 4.77. The molecule has 0 aliphatic heterocycles. The van der Waals surface area contributed by atoms with Gasteiger partial charge in [-0.3, -0.25) is 14.4 Å². The second-order valence-corrected chi connectivity index (χ2v) is 9.21. The van der Waals surface area contributed by atoms with Gasteiger partial charge in [-0.15, -0.1) is 0 Å². The van der Waals surface area contributed by atoms with E-state index < -0.39 is 0 Å². The van der Waals surface area contributed by atoms with Gasteiger partial charge in [-0.1, -0.05) is 76.3 Å². The lowest BCUT2D eigenvalue weighted by atomic mass is 10.1. The summed E-state index contributed by atoms with van der Waals surface area (Å²) in [5.41, 5.74) is 4.42. The van der Waals surface area contributed by atoms with E-state index in [0.29, 0.717) is 19.4 Å². The lowest BCUT2D eigenvalue weighted by molar-refractivity contribution is -0.133. The van der Waals surface area contributed by atoms with E-state index in [1.807, 2.05) is 12.1 Å². The van der Waals surface area contributed by atoms with Crippen LogP contribution in [0.5, 0.6) is 0 Å². The molecule has 0 bridgehead atoms. The van der Waals surface area contributed by atoms with Gasteiger partial charge in [0.2, 0.25) is 11.8 Å². The van der Waals surface area contributed by atoms with Crippen molar-refractivity contribution in [2.24, 2.45) is 0 Å². The zero-order valence-electron chi connectivity index (χ0n) is 21.2. The molecular formula is C28H40N4O3. The van der Waals surface area contributed by atoms with Crippen molar-refractivity contribution in [1.82, 2.24) is 20.8 Å². The lowest BCUT2D eigenvalue weighted by Crippen LogP contribution is -2.29. The number of H-pyrrole nitrogens is 1. The van der Waals surface area contributed by atoms with Crippen molar-refractivity contribution in [1.29, 1.82) is 0 Å². The number of unbranched alkanes of at least 4 members (excludes halogenated alkanes) is 5. The van der Waals surface area contributed by atoms with Crippen LogP contribution in [0.3, 0.4) is 0 Å². The number of hydroxylamine groups is 1. The summed E-state index contributed by atoms with van der Waals surface area (Å²) >= 11 is 0. The Hall–Kier alpha value is -2.93. The summed E-state index contributed by atoms with van der Waals surface area (Å²) in [7, 11) is 0. The highest BCUT2D eigenvalue weighted by Crippen LogP contribution is 2.27. The van der Waals surface area contributed by atoms with Crippen LogP contribution < -0.4 is 10.8 Å². The average Bonchev–Trinajstić information content (AvgIpc) is 3.31. The summed E-state index contributed by atoms with van der Waals surface area (Å²) in [5.74, 6) is 0.783. The van der Waals surface area contributed by atoms with Crippen molar-refractivity contribution in [2.75, 3.05) is 6.61 Å². The molecule has 7 heteroatoms. The van der Waals surface area contributed by atoms with Crippen LogP contribution >= 0.6 is 0 Å². The van der Waals surface area contributed by atoms with Crippen molar-refractivity contribution < 1.29 is 14.4 Å². The van der Waals surface area contributed by atoms with E-state index in [0.717, 1.165) is 85.4 Å². The quantitative estimate of drug-likeness (QED) is 0.167. The van der Waals surface area contributed by atoms with Crippen molar-refractivity contribution in [3.8, 4) is 0 Å². The number of aromatic amines is 1. The van der Waals surface area contributed by atoms with E-state index >= 15 is 0 Å². The van der Waals surface area contributed by atoms with Crippen LogP contribution in [-0.2, 0) is 14.4 Å². The Balaban J connectivity index is 1.60. The van der Waals surface area contributed by atoms with E-state index in [2.05, 4.69) is 53.9 Å². The van der Waals surface area contributed by atoms with Crippen LogP contribution in [-0.4, -0.2) is 28.4 Å². The highest BCUT2D eigenvalue weighted by atomic mass is 16.6. The zero-order valence-corrected chi connectivity index (χ0v) is 21.2. The largest absolute Gasteiger partial charge is 0.346 e. The van der Waals surface area contributed by atoms with Gasteiger partial charge in [0, 0.05) is 18.2 Å². The highest BCUT2D eigenvalue weighted by Gasteiger charge is 2.19. The van der Waals surface area contributed by atoms with Crippen molar-refractivity contribution >= 4 is 33.6 Å². The SMILES string of the molecule is CCCCCC(=O)N[C@@H](CCCCCC(=O)NOCCCC)c1nc2c(ccc3ccccc32)[nH]1. The van der Waals surface area contributed by atoms with Crippen LogP contribution in [0.4, 0.5) is 0 Å². The maximum absolute atomic E-state index is 12.6. The number of nitrogens with one attached hydrogen (secondary N) is 3. The molecule has 2 amide bonds. The first-order valence-electron chi connectivity index (χ1n) is 13.2. The number of nitrogens with zero attached hydrogens (tertiary/aromatic N) is 1. The van der Waals surface area contributed by atoms with Gasteiger partial charge < -0.3 is 10.3 Å². The number of fused-ring (bicyclic) bond motifs is 3. The van der Waals surface area contributed by atoms with Crippen molar-refractivity contribution in [2.45, 2.75) is 90.5 Å². The molecule has 0 aliphatic carbocycles. The van der Waals surface area contributed by atoms with Gasteiger partial charge in [-0.05, 0) is 37.1 Å². The summed E-state index contributed by atoms with van der Waals surface area (Å²) < 4.78 is 0. The van der Waals surface area contributed by atoms with Gasteiger partial charge >= 0.3 is 0 Å². The standard InChI is InChI=1S/C28H40N4O3/c1-3-5-8-16-25(33)29-24(15-9-7-10-17-26(34)32-35-20-6-4-2)28-30-23-19-18-21-13-11-12-14-22(21)27(23)31-28/h11-14,18-19,24H,3-10,15-17,20H2,1-2H3,(H,29,33)(H,30,31)(H,32,34)/t24-/m0/s1. The molecule has 35 heavy (non-hydrogen) atoms. The maximum Gasteiger partial charge on any atom is 0.243 e. The summed E-state index contributed by atoms with van der Waals surface area (Å²) in [6, 6.07) is 12.2. The number of imidazole rings is 1. The molecule has 0 unspecified atom stereocenters. The first-order valence-corrected chi connectivity index (χ1v) is 13.2. The first-order chi connectivity index (χ1) is 17.1. The topological polar surface area (TPSA) is 96.1 Å². The minimum absolute atomic E-state index is 0.0670. The number of amides is 2. The van der Waals surface area contributed by atoms with E-state index in [4.69, 9.17) is 9.82 Å². The second-order valence-electron chi connectivity index (χ2n) is 9.21. The minimum atomic E-state index is -0.179. The van der Waals surface area contributed by atoms with Gasteiger partial charge in [0.1, 0.15) is 5.82 Å². The van der Waals surface area contributed by atoms with E-state index in [9.17, 15) is 9.59 Å². The fraction of sp³-hybridized carbons (Fsp3) is 0.536. The fourth-order valence-electron chi connectivity index (χ4n) is 4.22. The molecule has 190 valence electrons. The second kappa shape index (κ2) is 14.5. The van der Waals surface area contributed by atoms with Crippen LogP contribution in [0.1, 0.15) is 96.3 Å². The fourth-order valence-corrected chi connectivity index (χ4v) is 4.22. The van der Waals surface area contributed by atoms with E-state index in [1.54, 1.807) is 0 Å². The Morgan fingerprint density at radius 2 is 1.69 bits per heavy atom. The number of benzene rings is 2. The maximum atomic E-state index is 12.6. The van der Waals surface area contributed by atoms with E-state index in [1.165, 1.54) is 0 Å². The monoisotopic (exact) mass is 480 g/mol. The summed E-state index contributed by atoms with van der Waals surface area (Å²) in [6.07, 6.45) is 9.32. The third-order valence-corrected chi connectivity index (χ3v) is 6.25. The molecule has 3 aromatic rings. The molecule has 0 saturated carbocycles. The van der Waals surface area contributed by atoms with E-state index in [-0.39, 0.29) is 17.9 Å². The first kappa shape index (κ1) is 26.7. The molecule has 3 N–H and O–H groups in total. The normalized spacial score (nSPS) is 12.2. The van der Waals surface area contributed by atoms with Crippen molar-refractivity contribution in [3.05, 3.63) is 42.2 Å². The molecular weight excluding hydrogens is 440 g/mol. The third kappa shape index (κ3) is 8.35. The predicted octanol–water partition coefficient (Wildman–Crippen LogP) is 6.25. The molecule has 1 aromatic heterocycles. The van der Waals surface area contributed by atoms with Gasteiger partial charge in [-0.25, -0.2) is 10.5 Å². The molecule has 0 aliphatic rings. The van der Waals surface area contributed by atoms with Gasteiger partial charge in [0.25, 0.3) is 0 Å². The molecule has 7 nitrogen and oxygen atoms in total. The van der Waals surface area contributed by atoms with Crippen LogP contribution in [0.25, 0.3) is 21.8 Å². The number of carbonyl (C=O) groups is 2. The smallest absolute Gasteiger partial charge is 0.243 e. The number of aromatic nitrogens is 2. The number of rotatable bonds is 16. The predicted molar refractivity (Wildman–Crippen MR) is 141 cm³/mol. The van der Waals surface area contributed by atoms with Gasteiger partial charge in [0.15, 0.2) is 0 Å².